The summed E-state index contributed by atoms with van der Waals surface area (Å²) >= 11 is 0. The Morgan fingerprint density at radius 2 is 1.37 bits per heavy atom. The fraction of sp³-hybridized carbons (Fsp3) is 0.282. The van der Waals surface area contributed by atoms with E-state index in [2.05, 4.69) is 17.6 Å². The van der Waals surface area contributed by atoms with Gasteiger partial charge in [-0.05, 0) is 78.2 Å². The Morgan fingerprint density at radius 3 is 2.04 bits per heavy atom. The number of hydrogen-bond donors (Lipinski definition) is 3. The van der Waals surface area contributed by atoms with Crippen LogP contribution in [0.15, 0.2) is 103 Å². The maximum Gasteiger partial charge on any atom is 0.343 e. The van der Waals surface area contributed by atoms with Gasteiger partial charge in [-0.25, -0.2) is 9.59 Å². The van der Waals surface area contributed by atoms with Crippen LogP contribution in [0.25, 0.3) is 0 Å². The van der Waals surface area contributed by atoms with Gasteiger partial charge in [-0.3, -0.25) is 9.59 Å². The second kappa shape index (κ2) is 19.4. The molecule has 49 heavy (non-hydrogen) atoms. The maximum atomic E-state index is 12.8. The molecule has 0 aliphatic carbocycles. The molecular formula is C39H42N2O8. The van der Waals surface area contributed by atoms with E-state index in [1.807, 2.05) is 30.3 Å². The summed E-state index contributed by atoms with van der Waals surface area (Å²) in [6, 6.07) is 27.6. The molecule has 2 amide bonds. The Bertz CT molecular complexity index is 1640. The summed E-state index contributed by atoms with van der Waals surface area (Å²) in [6.45, 7) is 2.98. The maximum absolute atomic E-state index is 12.8. The van der Waals surface area contributed by atoms with Gasteiger partial charge in [-0.1, -0.05) is 75.1 Å². The average molecular weight is 667 g/mol. The quantitative estimate of drug-likeness (QED) is 0.0562. The van der Waals surface area contributed by atoms with Crippen molar-refractivity contribution in [3.8, 4) is 11.5 Å². The van der Waals surface area contributed by atoms with Crippen molar-refractivity contribution in [2.24, 2.45) is 0 Å². The lowest BCUT2D eigenvalue weighted by Crippen LogP contribution is -2.42. The van der Waals surface area contributed by atoms with E-state index in [-0.39, 0.29) is 24.5 Å². The smallest absolute Gasteiger partial charge is 0.343 e. The minimum Gasteiger partial charge on any atom is -0.494 e. The summed E-state index contributed by atoms with van der Waals surface area (Å²) < 4.78 is 16.7. The fourth-order valence-corrected chi connectivity index (χ4v) is 4.86. The molecule has 0 bridgehead atoms. The molecule has 0 radical (unpaired) electrons. The normalized spacial score (nSPS) is 11.3. The van der Waals surface area contributed by atoms with Gasteiger partial charge in [0.1, 0.15) is 24.1 Å². The SMILES string of the molecule is CCCCCCCOc1ccc(C(=O)Oc2ccc(C[C@@H](NC(=O)c3ccc(NC(=O)COCc4ccccc4)cc3)C(=O)O)cc2)cc1. The van der Waals surface area contributed by atoms with Crippen molar-refractivity contribution in [3.63, 3.8) is 0 Å². The second-order valence-electron chi connectivity index (χ2n) is 11.5. The number of nitrogens with one attached hydrogen (secondary N) is 2. The molecule has 10 heteroatoms. The van der Waals surface area contributed by atoms with Crippen molar-refractivity contribution < 1.29 is 38.5 Å². The first-order valence-electron chi connectivity index (χ1n) is 16.4. The molecule has 0 heterocycles. The number of rotatable bonds is 19. The Hall–Kier alpha value is -5.48. The lowest BCUT2D eigenvalue weighted by Gasteiger charge is -2.15. The fourth-order valence-electron chi connectivity index (χ4n) is 4.86. The summed E-state index contributed by atoms with van der Waals surface area (Å²) in [5.74, 6) is -1.66. The highest BCUT2D eigenvalue weighted by molar-refractivity contribution is 5.98. The van der Waals surface area contributed by atoms with E-state index in [0.29, 0.717) is 41.5 Å². The van der Waals surface area contributed by atoms with Crippen molar-refractivity contribution in [2.75, 3.05) is 18.5 Å². The van der Waals surface area contributed by atoms with E-state index in [1.54, 1.807) is 60.7 Å². The zero-order valence-electron chi connectivity index (χ0n) is 27.6. The van der Waals surface area contributed by atoms with E-state index in [0.717, 1.165) is 18.4 Å². The number of anilines is 1. The van der Waals surface area contributed by atoms with Gasteiger partial charge in [-0.15, -0.1) is 0 Å². The summed E-state index contributed by atoms with van der Waals surface area (Å²) in [5.41, 5.74) is 2.64. The molecule has 1 atom stereocenters. The van der Waals surface area contributed by atoms with Gasteiger partial charge in [0.05, 0.1) is 18.8 Å². The molecule has 0 aliphatic heterocycles. The molecule has 0 aromatic heterocycles. The Kier molecular flexibility index (Phi) is 14.4. The molecule has 0 fully saturated rings. The van der Waals surface area contributed by atoms with Crippen LogP contribution in [0.2, 0.25) is 0 Å². The van der Waals surface area contributed by atoms with Gasteiger partial charge >= 0.3 is 11.9 Å². The third kappa shape index (κ3) is 12.6. The van der Waals surface area contributed by atoms with Crippen molar-refractivity contribution in [3.05, 3.63) is 125 Å². The number of carboxylic acid groups (broad SMARTS) is 1. The molecule has 4 aromatic carbocycles. The Balaban J connectivity index is 1.21. The molecule has 0 aliphatic rings. The molecule has 0 spiro atoms. The largest absolute Gasteiger partial charge is 0.494 e. The third-order valence-corrected chi connectivity index (χ3v) is 7.56. The number of benzene rings is 4. The Morgan fingerprint density at radius 1 is 0.714 bits per heavy atom. The Labute approximate surface area is 286 Å². The number of aliphatic carboxylic acids is 1. The van der Waals surface area contributed by atoms with Crippen LogP contribution in [0.4, 0.5) is 5.69 Å². The van der Waals surface area contributed by atoms with Gasteiger partial charge in [0, 0.05) is 17.7 Å². The minimum absolute atomic E-state index is 0.00644. The molecule has 3 N–H and O–H groups in total. The molecular weight excluding hydrogens is 624 g/mol. The highest BCUT2D eigenvalue weighted by Crippen LogP contribution is 2.18. The van der Waals surface area contributed by atoms with Crippen LogP contribution in [0.1, 0.15) is 70.9 Å². The summed E-state index contributed by atoms with van der Waals surface area (Å²) in [7, 11) is 0. The predicted octanol–water partition coefficient (Wildman–Crippen LogP) is 6.84. The number of unbranched alkanes of at least 4 members (excludes halogenated alkanes) is 4. The van der Waals surface area contributed by atoms with E-state index < -0.39 is 23.9 Å². The second-order valence-corrected chi connectivity index (χ2v) is 11.5. The van der Waals surface area contributed by atoms with Gasteiger partial charge in [0.25, 0.3) is 5.91 Å². The third-order valence-electron chi connectivity index (χ3n) is 7.56. The van der Waals surface area contributed by atoms with E-state index in [1.165, 1.54) is 31.4 Å². The van der Waals surface area contributed by atoms with Crippen LogP contribution in [-0.2, 0) is 27.4 Å². The monoisotopic (exact) mass is 666 g/mol. The number of esters is 1. The van der Waals surface area contributed by atoms with Gasteiger partial charge < -0.3 is 30.0 Å². The first-order chi connectivity index (χ1) is 23.8. The lowest BCUT2D eigenvalue weighted by molar-refractivity contribution is -0.139. The number of carbonyl (C=O) groups excluding carboxylic acids is 3. The number of carboxylic acids is 1. The summed E-state index contributed by atoms with van der Waals surface area (Å²) in [6.07, 6.45) is 5.76. The molecule has 4 rings (SSSR count). The van der Waals surface area contributed by atoms with Crippen LogP contribution in [-0.4, -0.2) is 48.1 Å². The summed E-state index contributed by atoms with van der Waals surface area (Å²) in [4.78, 5) is 49.7. The van der Waals surface area contributed by atoms with Crippen molar-refractivity contribution >= 4 is 29.4 Å². The first-order valence-corrected chi connectivity index (χ1v) is 16.4. The van der Waals surface area contributed by atoms with Gasteiger partial charge in [0.15, 0.2) is 0 Å². The average Bonchev–Trinajstić information content (AvgIpc) is 3.11. The molecule has 10 nitrogen and oxygen atoms in total. The highest BCUT2D eigenvalue weighted by Gasteiger charge is 2.21. The molecule has 0 saturated carbocycles. The van der Waals surface area contributed by atoms with Crippen LogP contribution in [0, 0.1) is 0 Å². The molecule has 4 aromatic rings. The van der Waals surface area contributed by atoms with E-state index in [4.69, 9.17) is 14.2 Å². The van der Waals surface area contributed by atoms with Crippen LogP contribution < -0.4 is 20.1 Å². The van der Waals surface area contributed by atoms with E-state index in [9.17, 15) is 24.3 Å². The number of hydrogen-bond acceptors (Lipinski definition) is 7. The van der Waals surface area contributed by atoms with Crippen molar-refractivity contribution in [2.45, 2.75) is 58.1 Å². The van der Waals surface area contributed by atoms with Crippen LogP contribution >= 0.6 is 0 Å². The van der Waals surface area contributed by atoms with Crippen LogP contribution in [0.3, 0.4) is 0 Å². The highest BCUT2D eigenvalue weighted by atomic mass is 16.5. The lowest BCUT2D eigenvalue weighted by atomic mass is 10.0. The molecule has 0 unspecified atom stereocenters. The zero-order valence-corrected chi connectivity index (χ0v) is 27.6. The van der Waals surface area contributed by atoms with E-state index >= 15 is 0 Å². The zero-order chi connectivity index (χ0) is 34.8. The summed E-state index contributed by atoms with van der Waals surface area (Å²) in [5, 5.41) is 15.0. The first kappa shape index (κ1) is 36.4. The standard InChI is InChI=1S/C39H42N2O8/c1-2-3-4-5-9-24-48-33-22-16-31(17-23-33)39(46)49-34-20-12-28(13-21-34)25-35(38(44)45)41-37(43)30-14-18-32(19-15-30)40-36(42)27-47-26-29-10-7-6-8-11-29/h6-8,10-23,35H,2-5,9,24-27H2,1H3,(H,40,42)(H,41,43)(H,44,45)/t35-/m1/s1. The van der Waals surface area contributed by atoms with Gasteiger partial charge in [0.2, 0.25) is 5.91 Å². The van der Waals surface area contributed by atoms with Crippen molar-refractivity contribution in [1.82, 2.24) is 5.32 Å². The molecule has 0 saturated heterocycles. The van der Waals surface area contributed by atoms with Crippen molar-refractivity contribution in [1.29, 1.82) is 0 Å². The van der Waals surface area contributed by atoms with Crippen LogP contribution in [0.5, 0.6) is 11.5 Å². The number of carbonyl (C=O) groups is 4. The number of ether oxygens (including phenoxy) is 3. The minimum atomic E-state index is -1.21. The molecule has 256 valence electrons. The predicted molar refractivity (Wildman–Crippen MR) is 186 cm³/mol. The number of amides is 2. The topological polar surface area (TPSA) is 140 Å². The van der Waals surface area contributed by atoms with Gasteiger partial charge in [-0.2, -0.15) is 0 Å².